The molecule has 0 bridgehead atoms. The van der Waals surface area contributed by atoms with Crippen molar-refractivity contribution in [2.45, 2.75) is 13.3 Å². The van der Waals surface area contributed by atoms with Crippen LogP contribution in [-0.4, -0.2) is 27.6 Å². The molecule has 0 radical (unpaired) electrons. The van der Waals surface area contributed by atoms with Crippen molar-refractivity contribution >= 4 is 33.1 Å². The van der Waals surface area contributed by atoms with E-state index in [9.17, 15) is 4.79 Å². The van der Waals surface area contributed by atoms with Gasteiger partial charge in [0.2, 0.25) is 5.89 Å². The van der Waals surface area contributed by atoms with Crippen LogP contribution in [0.4, 0.5) is 5.69 Å². The summed E-state index contributed by atoms with van der Waals surface area (Å²) < 4.78 is 5.76. The maximum absolute atomic E-state index is 12.2. The van der Waals surface area contributed by atoms with Gasteiger partial charge >= 0.3 is 0 Å². The Labute approximate surface area is 124 Å². The average molecular weight is 303 g/mol. The zero-order chi connectivity index (χ0) is 14.8. The van der Waals surface area contributed by atoms with E-state index in [1.807, 2.05) is 12.1 Å². The van der Waals surface area contributed by atoms with E-state index in [0.29, 0.717) is 40.8 Å². The van der Waals surface area contributed by atoms with Crippen molar-refractivity contribution in [2.75, 3.05) is 12.3 Å². The van der Waals surface area contributed by atoms with Gasteiger partial charge < -0.3 is 15.6 Å². The van der Waals surface area contributed by atoms with Gasteiger partial charge in [0.15, 0.2) is 5.82 Å². The number of thiophene rings is 1. The van der Waals surface area contributed by atoms with Gasteiger partial charge in [-0.1, -0.05) is 5.16 Å². The Hall–Kier alpha value is -2.48. The van der Waals surface area contributed by atoms with Crippen LogP contribution in [0.5, 0.6) is 0 Å². The quantitative estimate of drug-likeness (QED) is 0.757. The first-order valence-electron chi connectivity index (χ1n) is 6.35. The monoisotopic (exact) mass is 303 g/mol. The maximum atomic E-state index is 12.2. The number of aromatic nitrogens is 3. The van der Waals surface area contributed by atoms with Gasteiger partial charge in [0.05, 0.1) is 10.4 Å². The molecule has 0 atom stereocenters. The summed E-state index contributed by atoms with van der Waals surface area (Å²) in [5.41, 5.74) is 7.06. The van der Waals surface area contributed by atoms with Gasteiger partial charge in [-0.05, 0) is 12.1 Å². The molecule has 0 aromatic carbocycles. The van der Waals surface area contributed by atoms with Crippen LogP contribution >= 0.6 is 11.3 Å². The van der Waals surface area contributed by atoms with E-state index >= 15 is 0 Å². The van der Waals surface area contributed by atoms with E-state index in [-0.39, 0.29) is 5.91 Å². The standard InChI is InChI=1S/C13H13N5O2S/c1-7-17-9(18-20-7)4-6-16-13(19)12-10(14)11-8(21-12)3-2-5-15-11/h2-3,5H,4,6,14H2,1H3,(H,16,19). The zero-order valence-corrected chi connectivity index (χ0v) is 12.1. The van der Waals surface area contributed by atoms with Crippen molar-refractivity contribution in [2.24, 2.45) is 0 Å². The number of carbonyl (C=O) groups is 1. The van der Waals surface area contributed by atoms with Crippen LogP contribution in [0.25, 0.3) is 10.2 Å². The van der Waals surface area contributed by atoms with Gasteiger partial charge in [-0.2, -0.15) is 4.98 Å². The first-order valence-corrected chi connectivity index (χ1v) is 7.17. The molecule has 1 amide bonds. The molecule has 8 heteroatoms. The summed E-state index contributed by atoms with van der Waals surface area (Å²) in [7, 11) is 0. The average Bonchev–Trinajstić information content (AvgIpc) is 3.03. The van der Waals surface area contributed by atoms with Crippen molar-refractivity contribution in [1.82, 2.24) is 20.4 Å². The van der Waals surface area contributed by atoms with Gasteiger partial charge in [0.25, 0.3) is 5.91 Å². The van der Waals surface area contributed by atoms with Crippen LogP contribution in [0.2, 0.25) is 0 Å². The molecule has 21 heavy (non-hydrogen) atoms. The minimum absolute atomic E-state index is 0.212. The minimum Gasteiger partial charge on any atom is -0.396 e. The number of hydrogen-bond donors (Lipinski definition) is 2. The second-order valence-corrected chi connectivity index (χ2v) is 5.48. The first-order chi connectivity index (χ1) is 10.1. The van der Waals surface area contributed by atoms with Crippen LogP contribution < -0.4 is 11.1 Å². The van der Waals surface area contributed by atoms with Crippen molar-refractivity contribution < 1.29 is 9.32 Å². The molecule has 0 spiro atoms. The molecule has 3 N–H and O–H groups in total. The molecule has 0 fully saturated rings. The summed E-state index contributed by atoms with van der Waals surface area (Å²) in [6.07, 6.45) is 2.16. The molecule has 3 aromatic rings. The Morgan fingerprint density at radius 3 is 3.10 bits per heavy atom. The first kappa shape index (κ1) is 13.5. The van der Waals surface area contributed by atoms with Crippen LogP contribution in [0.1, 0.15) is 21.4 Å². The highest BCUT2D eigenvalue weighted by atomic mass is 32.1. The molecule has 0 aliphatic heterocycles. The number of nitrogens with zero attached hydrogens (tertiary/aromatic N) is 3. The Morgan fingerprint density at radius 1 is 1.52 bits per heavy atom. The Kier molecular flexibility index (Phi) is 3.53. The topological polar surface area (TPSA) is 107 Å². The lowest BCUT2D eigenvalue weighted by atomic mass is 10.3. The van der Waals surface area contributed by atoms with E-state index in [0.717, 1.165) is 4.70 Å². The Morgan fingerprint density at radius 2 is 2.38 bits per heavy atom. The molecule has 3 aromatic heterocycles. The van der Waals surface area contributed by atoms with E-state index in [2.05, 4.69) is 20.4 Å². The molecule has 0 aliphatic carbocycles. The van der Waals surface area contributed by atoms with Gasteiger partial charge in [-0.3, -0.25) is 9.78 Å². The summed E-state index contributed by atoms with van der Waals surface area (Å²) in [4.78, 5) is 20.9. The van der Waals surface area contributed by atoms with Crippen LogP contribution in [-0.2, 0) is 6.42 Å². The molecule has 0 saturated carbocycles. The van der Waals surface area contributed by atoms with Crippen LogP contribution in [0, 0.1) is 6.92 Å². The van der Waals surface area contributed by atoms with E-state index in [4.69, 9.17) is 10.3 Å². The van der Waals surface area contributed by atoms with Gasteiger partial charge in [-0.15, -0.1) is 11.3 Å². The largest absolute Gasteiger partial charge is 0.396 e. The highest BCUT2D eigenvalue weighted by Gasteiger charge is 2.16. The number of rotatable bonds is 4. The number of carbonyl (C=O) groups excluding carboxylic acids is 1. The van der Waals surface area contributed by atoms with Gasteiger partial charge in [0, 0.05) is 26.1 Å². The lowest BCUT2D eigenvalue weighted by Gasteiger charge is -2.02. The number of amides is 1. The fourth-order valence-corrected chi connectivity index (χ4v) is 2.92. The highest BCUT2D eigenvalue weighted by Crippen LogP contribution is 2.31. The smallest absolute Gasteiger partial charge is 0.263 e. The third kappa shape index (κ3) is 2.70. The molecule has 0 unspecified atom stereocenters. The summed E-state index contributed by atoms with van der Waals surface area (Å²) in [5, 5.41) is 6.57. The zero-order valence-electron chi connectivity index (χ0n) is 11.3. The van der Waals surface area contributed by atoms with E-state index < -0.39 is 0 Å². The SMILES string of the molecule is Cc1nc(CCNC(=O)c2sc3cccnc3c2N)no1. The number of hydrogen-bond acceptors (Lipinski definition) is 7. The Bertz CT molecular complexity index is 795. The molecule has 108 valence electrons. The van der Waals surface area contributed by atoms with Crippen molar-refractivity contribution in [3.8, 4) is 0 Å². The van der Waals surface area contributed by atoms with E-state index in [1.165, 1.54) is 11.3 Å². The number of nitrogen functional groups attached to an aromatic ring is 1. The number of nitrogens with two attached hydrogens (primary N) is 1. The van der Waals surface area contributed by atoms with Crippen molar-refractivity contribution in [3.63, 3.8) is 0 Å². The summed E-state index contributed by atoms with van der Waals surface area (Å²) in [6, 6.07) is 3.71. The van der Waals surface area contributed by atoms with Gasteiger partial charge in [-0.25, -0.2) is 0 Å². The Balaban J connectivity index is 1.68. The van der Waals surface area contributed by atoms with Crippen molar-refractivity contribution in [3.05, 3.63) is 34.9 Å². The molecule has 0 aliphatic rings. The maximum Gasteiger partial charge on any atom is 0.263 e. The van der Waals surface area contributed by atoms with Crippen LogP contribution in [0.3, 0.4) is 0 Å². The summed E-state index contributed by atoms with van der Waals surface area (Å²) >= 11 is 1.33. The summed E-state index contributed by atoms with van der Waals surface area (Å²) in [6.45, 7) is 2.14. The predicted molar refractivity (Wildman–Crippen MR) is 79.1 cm³/mol. The normalized spacial score (nSPS) is 10.9. The van der Waals surface area contributed by atoms with Crippen molar-refractivity contribution in [1.29, 1.82) is 0 Å². The second kappa shape index (κ2) is 5.49. The number of nitrogens with one attached hydrogen (secondary N) is 1. The number of pyridine rings is 1. The highest BCUT2D eigenvalue weighted by molar-refractivity contribution is 7.21. The van der Waals surface area contributed by atoms with E-state index in [1.54, 1.807) is 13.1 Å². The minimum atomic E-state index is -0.212. The fourth-order valence-electron chi connectivity index (χ4n) is 1.93. The number of fused-ring (bicyclic) bond motifs is 1. The number of anilines is 1. The third-order valence-electron chi connectivity index (χ3n) is 2.89. The van der Waals surface area contributed by atoms with Gasteiger partial charge in [0.1, 0.15) is 10.4 Å². The van der Waals surface area contributed by atoms with Crippen LogP contribution in [0.15, 0.2) is 22.9 Å². The molecule has 0 saturated heterocycles. The third-order valence-corrected chi connectivity index (χ3v) is 4.05. The predicted octanol–water partition coefficient (Wildman–Crippen LogP) is 1.54. The molecule has 3 heterocycles. The lowest BCUT2D eigenvalue weighted by Crippen LogP contribution is -2.25. The second-order valence-electron chi connectivity index (χ2n) is 4.43. The molecule has 7 nitrogen and oxygen atoms in total. The lowest BCUT2D eigenvalue weighted by molar-refractivity contribution is 0.0959. The molecular weight excluding hydrogens is 290 g/mol. The summed E-state index contributed by atoms with van der Waals surface area (Å²) in [5.74, 6) is 0.866. The molecular formula is C13H13N5O2S. The number of aryl methyl sites for hydroxylation is 1. The fraction of sp³-hybridized carbons (Fsp3) is 0.231. The molecule has 3 rings (SSSR count).